The Morgan fingerprint density at radius 1 is 1.14 bits per heavy atom. The van der Waals surface area contributed by atoms with Gasteiger partial charge < -0.3 is 15.0 Å². The maximum atomic E-state index is 13.6. The van der Waals surface area contributed by atoms with Crippen LogP contribution in [-0.4, -0.2) is 61.5 Å². The van der Waals surface area contributed by atoms with Gasteiger partial charge in [0.2, 0.25) is 21.8 Å². The van der Waals surface area contributed by atoms with E-state index in [4.69, 9.17) is 4.74 Å². The first kappa shape index (κ1) is 28.6. The molecular formula is C24H32N4O7S. The molecule has 2 aromatic rings. The highest BCUT2D eigenvalue weighted by Crippen LogP contribution is 2.33. The van der Waals surface area contributed by atoms with Crippen LogP contribution in [0.25, 0.3) is 0 Å². The van der Waals surface area contributed by atoms with Gasteiger partial charge in [-0.05, 0) is 39.3 Å². The SMILES string of the molecule is COc1ccc([N+](=O)[O-])cc1N(CC(=O)N(Cc1ccccc1)[C@H](C)C(=O)NC(C)(C)C)S(C)(=O)=O. The van der Waals surface area contributed by atoms with Crippen LogP contribution in [0.2, 0.25) is 0 Å². The third-order valence-electron chi connectivity index (χ3n) is 5.18. The van der Waals surface area contributed by atoms with E-state index in [2.05, 4.69) is 5.32 Å². The van der Waals surface area contributed by atoms with Gasteiger partial charge >= 0.3 is 0 Å². The summed E-state index contributed by atoms with van der Waals surface area (Å²) in [5.74, 6) is -1.05. The molecule has 0 saturated carbocycles. The van der Waals surface area contributed by atoms with Crippen molar-refractivity contribution in [2.75, 3.05) is 24.2 Å². The van der Waals surface area contributed by atoms with Crippen molar-refractivity contribution in [2.45, 2.75) is 45.8 Å². The van der Waals surface area contributed by atoms with Crippen LogP contribution in [0.1, 0.15) is 33.3 Å². The first-order valence-electron chi connectivity index (χ1n) is 11.1. The highest BCUT2D eigenvalue weighted by atomic mass is 32.2. The quantitative estimate of drug-likeness (QED) is 0.375. The van der Waals surface area contributed by atoms with Gasteiger partial charge in [-0.3, -0.25) is 24.0 Å². The molecule has 0 heterocycles. The van der Waals surface area contributed by atoms with Crippen LogP contribution in [0.15, 0.2) is 48.5 Å². The van der Waals surface area contributed by atoms with Gasteiger partial charge in [-0.2, -0.15) is 0 Å². The lowest BCUT2D eigenvalue weighted by atomic mass is 10.1. The Balaban J connectivity index is 2.51. The van der Waals surface area contributed by atoms with Crippen LogP contribution >= 0.6 is 0 Å². The zero-order valence-electron chi connectivity index (χ0n) is 21.2. The zero-order valence-corrected chi connectivity index (χ0v) is 22.0. The van der Waals surface area contributed by atoms with Gasteiger partial charge in [-0.1, -0.05) is 30.3 Å². The van der Waals surface area contributed by atoms with Crippen molar-refractivity contribution in [1.82, 2.24) is 10.2 Å². The fraction of sp³-hybridized carbons (Fsp3) is 0.417. The average molecular weight is 521 g/mol. The molecule has 0 unspecified atom stereocenters. The van der Waals surface area contributed by atoms with Crippen molar-refractivity contribution in [1.29, 1.82) is 0 Å². The molecule has 0 fully saturated rings. The molecule has 0 bridgehead atoms. The maximum absolute atomic E-state index is 13.6. The van der Waals surface area contributed by atoms with Crippen molar-refractivity contribution in [3.63, 3.8) is 0 Å². The highest BCUT2D eigenvalue weighted by Gasteiger charge is 2.32. The minimum atomic E-state index is -4.09. The summed E-state index contributed by atoms with van der Waals surface area (Å²) in [6.45, 7) is 6.32. The summed E-state index contributed by atoms with van der Waals surface area (Å²) in [6, 6.07) is 11.5. The minimum Gasteiger partial charge on any atom is -0.495 e. The van der Waals surface area contributed by atoms with Crippen LogP contribution < -0.4 is 14.4 Å². The van der Waals surface area contributed by atoms with Crippen molar-refractivity contribution >= 4 is 33.2 Å². The van der Waals surface area contributed by atoms with Crippen LogP contribution in [0.5, 0.6) is 5.75 Å². The van der Waals surface area contributed by atoms with Gasteiger partial charge in [0, 0.05) is 24.2 Å². The van der Waals surface area contributed by atoms with E-state index in [1.54, 1.807) is 52.0 Å². The van der Waals surface area contributed by atoms with E-state index in [-0.39, 0.29) is 23.7 Å². The molecule has 0 aromatic heterocycles. The fourth-order valence-corrected chi connectivity index (χ4v) is 4.26. The number of methoxy groups -OCH3 is 1. The van der Waals surface area contributed by atoms with Crippen LogP contribution in [0.4, 0.5) is 11.4 Å². The largest absolute Gasteiger partial charge is 0.495 e. The third kappa shape index (κ3) is 7.67. The minimum absolute atomic E-state index is 0.0342. The summed E-state index contributed by atoms with van der Waals surface area (Å²) in [4.78, 5) is 38.4. The van der Waals surface area contributed by atoms with E-state index in [1.807, 2.05) is 6.07 Å². The number of sulfonamides is 1. The van der Waals surface area contributed by atoms with Crippen molar-refractivity contribution in [2.24, 2.45) is 0 Å². The number of amides is 2. The van der Waals surface area contributed by atoms with E-state index in [0.717, 1.165) is 22.2 Å². The molecule has 196 valence electrons. The summed E-state index contributed by atoms with van der Waals surface area (Å²) < 4.78 is 31.4. The number of nitrogens with zero attached hydrogens (tertiary/aromatic N) is 3. The molecule has 2 rings (SSSR count). The zero-order chi connectivity index (χ0) is 27.3. The summed E-state index contributed by atoms with van der Waals surface area (Å²) in [5.41, 5.74) is -0.345. The number of non-ortho nitro benzene ring substituents is 1. The summed E-state index contributed by atoms with van der Waals surface area (Å²) in [5, 5.41) is 14.1. The molecule has 0 spiro atoms. The van der Waals surface area contributed by atoms with Gasteiger partial charge in [-0.25, -0.2) is 8.42 Å². The Morgan fingerprint density at radius 2 is 1.75 bits per heavy atom. The Morgan fingerprint density at radius 3 is 2.25 bits per heavy atom. The predicted octanol–water partition coefficient (Wildman–Crippen LogP) is 2.70. The fourth-order valence-electron chi connectivity index (χ4n) is 3.42. The van der Waals surface area contributed by atoms with Crippen molar-refractivity contribution in [3.05, 3.63) is 64.2 Å². The standard InChI is InChI=1S/C24H32N4O7S/c1-17(23(30)25-24(2,3)4)26(15-18-10-8-7-9-11-18)22(29)16-27(36(6,33)34)20-14-19(28(31)32)12-13-21(20)35-5/h7-14,17H,15-16H2,1-6H3,(H,25,30)/t17-/m1/s1. The first-order valence-corrected chi connectivity index (χ1v) is 12.9. The number of hydrogen-bond acceptors (Lipinski definition) is 7. The lowest BCUT2D eigenvalue weighted by Crippen LogP contribution is -2.54. The van der Waals surface area contributed by atoms with Gasteiger partial charge in [0.25, 0.3) is 5.69 Å². The van der Waals surface area contributed by atoms with Gasteiger partial charge in [0.1, 0.15) is 24.0 Å². The van der Waals surface area contributed by atoms with E-state index in [9.17, 15) is 28.1 Å². The molecule has 2 amide bonds. The molecular weight excluding hydrogens is 488 g/mol. The number of anilines is 1. The van der Waals surface area contributed by atoms with E-state index < -0.39 is 44.9 Å². The molecule has 11 nitrogen and oxygen atoms in total. The number of nitro groups is 1. The van der Waals surface area contributed by atoms with Gasteiger partial charge in [-0.15, -0.1) is 0 Å². The van der Waals surface area contributed by atoms with Crippen LogP contribution in [0, 0.1) is 10.1 Å². The van der Waals surface area contributed by atoms with E-state index in [1.165, 1.54) is 24.1 Å². The Labute approximate surface area is 211 Å². The number of hydrogen-bond donors (Lipinski definition) is 1. The topological polar surface area (TPSA) is 139 Å². The predicted molar refractivity (Wildman–Crippen MR) is 136 cm³/mol. The highest BCUT2D eigenvalue weighted by molar-refractivity contribution is 7.92. The average Bonchev–Trinajstić information content (AvgIpc) is 2.78. The smallest absolute Gasteiger partial charge is 0.271 e. The summed E-state index contributed by atoms with van der Waals surface area (Å²) in [7, 11) is -2.80. The number of carbonyl (C=O) groups excluding carboxylic acids is 2. The number of nitro benzene ring substituents is 1. The first-order chi connectivity index (χ1) is 16.6. The number of rotatable bonds is 10. The molecule has 12 heteroatoms. The molecule has 36 heavy (non-hydrogen) atoms. The van der Waals surface area contributed by atoms with Crippen LogP contribution in [0.3, 0.4) is 0 Å². The number of carbonyl (C=O) groups is 2. The van der Waals surface area contributed by atoms with Gasteiger partial charge in [0.15, 0.2) is 0 Å². The second-order valence-electron chi connectivity index (χ2n) is 9.31. The molecule has 0 aliphatic carbocycles. The second kappa shape index (κ2) is 11.4. The maximum Gasteiger partial charge on any atom is 0.271 e. The lowest BCUT2D eigenvalue weighted by molar-refractivity contribution is -0.384. The van der Waals surface area contributed by atoms with Crippen LogP contribution in [-0.2, 0) is 26.2 Å². The Kier molecular flexibility index (Phi) is 9.03. The number of nitrogens with one attached hydrogen (secondary N) is 1. The second-order valence-corrected chi connectivity index (χ2v) is 11.2. The lowest BCUT2D eigenvalue weighted by Gasteiger charge is -2.33. The molecule has 0 aliphatic heterocycles. The number of benzene rings is 2. The normalized spacial score (nSPS) is 12.4. The van der Waals surface area contributed by atoms with E-state index >= 15 is 0 Å². The van der Waals surface area contributed by atoms with Gasteiger partial charge in [0.05, 0.1) is 18.3 Å². The molecule has 0 saturated heterocycles. The van der Waals surface area contributed by atoms with Crippen molar-refractivity contribution in [3.8, 4) is 5.75 Å². The summed E-state index contributed by atoms with van der Waals surface area (Å²) in [6.07, 6.45) is 0.885. The summed E-state index contributed by atoms with van der Waals surface area (Å²) >= 11 is 0. The number of ether oxygens (including phenoxy) is 1. The molecule has 1 atom stereocenters. The molecule has 2 aromatic carbocycles. The molecule has 1 N–H and O–H groups in total. The van der Waals surface area contributed by atoms with Crippen molar-refractivity contribution < 1.29 is 27.7 Å². The molecule has 0 radical (unpaired) electrons. The third-order valence-corrected chi connectivity index (χ3v) is 6.31. The monoisotopic (exact) mass is 520 g/mol. The Bertz CT molecular complexity index is 1210. The molecule has 0 aliphatic rings. The Hall–Kier alpha value is -3.67. The van der Waals surface area contributed by atoms with E-state index in [0.29, 0.717) is 0 Å².